The van der Waals surface area contributed by atoms with Crippen molar-refractivity contribution in [1.29, 1.82) is 0 Å². The molecule has 0 N–H and O–H groups in total. The van der Waals surface area contributed by atoms with Crippen molar-refractivity contribution >= 4 is 11.3 Å². The zero-order chi connectivity index (χ0) is 16.5. The molecule has 0 saturated heterocycles. The van der Waals surface area contributed by atoms with Gasteiger partial charge in [0.05, 0.1) is 12.3 Å². The first-order valence-corrected chi connectivity index (χ1v) is 8.15. The molecule has 1 aliphatic rings. The summed E-state index contributed by atoms with van der Waals surface area (Å²) in [5, 5.41) is 0. The van der Waals surface area contributed by atoms with E-state index in [4.69, 9.17) is 0 Å². The van der Waals surface area contributed by atoms with E-state index < -0.39 is 0 Å². The van der Waals surface area contributed by atoms with Gasteiger partial charge in [0, 0.05) is 11.1 Å². The minimum Gasteiger partial charge on any atom is -0.279 e. The van der Waals surface area contributed by atoms with E-state index in [9.17, 15) is 0 Å². The maximum absolute atomic E-state index is 4.67. The van der Waals surface area contributed by atoms with E-state index in [2.05, 4.69) is 67.0 Å². The second-order valence-electron chi connectivity index (χ2n) is 4.68. The molecular formula is C21H27N. The second-order valence-corrected chi connectivity index (χ2v) is 4.68. The fraction of sp³-hybridized carbons (Fsp3) is 0.286. The van der Waals surface area contributed by atoms with E-state index in [0.29, 0.717) is 6.54 Å². The van der Waals surface area contributed by atoms with Crippen LogP contribution in [0.5, 0.6) is 0 Å². The Bertz CT molecular complexity index is 633. The molecule has 0 spiro atoms. The highest BCUT2D eigenvalue weighted by molar-refractivity contribution is 6.16. The summed E-state index contributed by atoms with van der Waals surface area (Å²) in [4.78, 5) is 4.67. The van der Waals surface area contributed by atoms with Crippen LogP contribution in [0.15, 0.2) is 60.1 Å². The van der Waals surface area contributed by atoms with Crippen molar-refractivity contribution in [2.75, 3.05) is 6.54 Å². The summed E-state index contributed by atoms with van der Waals surface area (Å²) >= 11 is 0. The maximum atomic E-state index is 4.67. The van der Waals surface area contributed by atoms with Gasteiger partial charge in [0.2, 0.25) is 0 Å². The second kappa shape index (κ2) is 8.99. The van der Waals surface area contributed by atoms with Crippen molar-refractivity contribution in [1.82, 2.24) is 0 Å². The van der Waals surface area contributed by atoms with Crippen LogP contribution in [0, 0.1) is 6.92 Å². The lowest BCUT2D eigenvalue weighted by atomic mass is 9.91. The van der Waals surface area contributed by atoms with Gasteiger partial charge in [0.1, 0.15) is 0 Å². The molecule has 0 atom stereocenters. The molecule has 22 heavy (non-hydrogen) atoms. The number of aliphatic imine (C=N–C) groups is 1. The Morgan fingerprint density at radius 2 is 1.36 bits per heavy atom. The van der Waals surface area contributed by atoms with Crippen LogP contribution in [0.2, 0.25) is 0 Å². The summed E-state index contributed by atoms with van der Waals surface area (Å²) < 4.78 is 0. The number of aryl methyl sites for hydroxylation is 1. The van der Waals surface area contributed by atoms with Crippen molar-refractivity contribution in [3.05, 3.63) is 77.4 Å². The molecule has 0 aromatic heterocycles. The molecule has 0 bridgehead atoms. The summed E-state index contributed by atoms with van der Waals surface area (Å²) in [5.41, 5.74) is 7.05. The number of nitrogens with zero attached hydrogens (tertiary/aromatic N) is 1. The minimum absolute atomic E-state index is 0.695. The molecule has 1 nitrogen and oxygen atoms in total. The number of fused-ring (bicyclic) bond motifs is 1. The van der Waals surface area contributed by atoms with Gasteiger partial charge in [0.15, 0.2) is 0 Å². The Hall–Kier alpha value is -2.15. The summed E-state index contributed by atoms with van der Waals surface area (Å²) in [5.74, 6) is 0. The van der Waals surface area contributed by atoms with E-state index in [1.54, 1.807) is 0 Å². The third-order valence-corrected chi connectivity index (χ3v) is 3.32. The molecule has 0 aliphatic carbocycles. The highest BCUT2D eigenvalue weighted by Gasteiger charge is 2.17. The van der Waals surface area contributed by atoms with Crippen molar-refractivity contribution in [2.24, 2.45) is 4.99 Å². The van der Waals surface area contributed by atoms with Crippen molar-refractivity contribution in [3.8, 4) is 0 Å². The average molecular weight is 293 g/mol. The lowest BCUT2D eigenvalue weighted by Gasteiger charge is -2.18. The Balaban J connectivity index is 0.000000561. The molecule has 0 amide bonds. The standard InChI is InChI=1S/C17H15N.2C2H6/c1-12-7-9-14(10-8-12)17-16-6-4-3-5-15(16)13(2)11-18-17;2*1-2/h3-10H,2,11H2,1H3;2*1-2H3. The fourth-order valence-corrected chi connectivity index (χ4v) is 2.30. The molecule has 1 heterocycles. The van der Waals surface area contributed by atoms with Gasteiger partial charge in [-0.3, -0.25) is 4.99 Å². The molecule has 0 saturated carbocycles. The van der Waals surface area contributed by atoms with E-state index in [-0.39, 0.29) is 0 Å². The molecule has 0 unspecified atom stereocenters. The fourth-order valence-electron chi connectivity index (χ4n) is 2.30. The quantitative estimate of drug-likeness (QED) is 0.619. The van der Waals surface area contributed by atoms with E-state index in [1.807, 2.05) is 27.7 Å². The van der Waals surface area contributed by atoms with Crippen LogP contribution < -0.4 is 0 Å². The minimum atomic E-state index is 0.695. The molecule has 1 heteroatoms. The van der Waals surface area contributed by atoms with Crippen molar-refractivity contribution in [3.63, 3.8) is 0 Å². The van der Waals surface area contributed by atoms with Crippen LogP contribution in [0.3, 0.4) is 0 Å². The molecule has 2 aromatic rings. The lowest BCUT2D eigenvalue weighted by Crippen LogP contribution is -2.12. The Morgan fingerprint density at radius 1 is 0.818 bits per heavy atom. The molecule has 0 radical (unpaired) electrons. The molecule has 3 rings (SSSR count). The van der Waals surface area contributed by atoms with Crippen LogP contribution in [0.1, 0.15) is 49.9 Å². The summed E-state index contributed by atoms with van der Waals surface area (Å²) in [7, 11) is 0. The van der Waals surface area contributed by atoms with Crippen LogP contribution in [-0.4, -0.2) is 12.3 Å². The Labute approximate surface area is 135 Å². The van der Waals surface area contributed by atoms with Gasteiger partial charge >= 0.3 is 0 Å². The Morgan fingerprint density at radius 3 is 1.95 bits per heavy atom. The first kappa shape index (κ1) is 17.9. The third kappa shape index (κ3) is 3.94. The van der Waals surface area contributed by atoms with Gasteiger partial charge in [-0.05, 0) is 18.1 Å². The molecule has 1 aliphatic heterocycles. The van der Waals surface area contributed by atoms with Gasteiger partial charge in [-0.15, -0.1) is 0 Å². The van der Waals surface area contributed by atoms with Crippen molar-refractivity contribution in [2.45, 2.75) is 34.6 Å². The number of hydrogen-bond acceptors (Lipinski definition) is 1. The summed E-state index contributed by atoms with van der Waals surface area (Å²) in [6, 6.07) is 16.9. The maximum Gasteiger partial charge on any atom is 0.0729 e. The smallest absolute Gasteiger partial charge is 0.0729 e. The largest absolute Gasteiger partial charge is 0.279 e. The predicted octanol–water partition coefficient (Wildman–Crippen LogP) is 5.91. The highest BCUT2D eigenvalue weighted by atomic mass is 14.8. The predicted molar refractivity (Wildman–Crippen MR) is 99.9 cm³/mol. The number of benzene rings is 2. The summed E-state index contributed by atoms with van der Waals surface area (Å²) in [6.07, 6.45) is 0. The zero-order valence-electron chi connectivity index (χ0n) is 14.5. The third-order valence-electron chi connectivity index (χ3n) is 3.32. The molecular weight excluding hydrogens is 266 g/mol. The van der Waals surface area contributed by atoms with Gasteiger partial charge in [-0.1, -0.05) is 88.4 Å². The van der Waals surface area contributed by atoms with Crippen molar-refractivity contribution < 1.29 is 0 Å². The van der Waals surface area contributed by atoms with E-state index in [1.165, 1.54) is 22.3 Å². The lowest BCUT2D eigenvalue weighted by molar-refractivity contribution is 1.22. The van der Waals surface area contributed by atoms with Gasteiger partial charge in [0.25, 0.3) is 0 Å². The Kier molecular flexibility index (Phi) is 7.31. The van der Waals surface area contributed by atoms with Crippen LogP contribution in [0.4, 0.5) is 0 Å². The van der Waals surface area contributed by atoms with Crippen LogP contribution in [0.25, 0.3) is 5.57 Å². The van der Waals surface area contributed by atoms with E-state index in [0.717, 1.165) is 11.3 Å². The zero-order valence-corrected chi connectivity index (χ0v) is 14.5. The van der Waals surface area contributed by atoms with Crippen LogP contribution in [-0.2, 0) is 0 Å². The SMILES string of the molecule is C=C1CN=C(c2ccc(C)cc2)c2ccccc21.CC.CC. The molecule has 2 aromatic carbocycles. The topological polar surface area (TPSA) is 12.4 Å². The monoisotopic (exact) mass is 293 g/mol. The number of hydrogen-bond donors (Lipinski definition) is 0. The summed E-state index contributed by atoms with van der Waals surface area (Å²) in [6.45, 7) is 14.9. The number of rotatable bonds is 1. The normalized spacial score (nSPS) is 12.0. The molecule has 0 fully saturated rings. The van der Waals surface area contributed by atoms with Gasteiger partial charge < -0.3 is 0 Å². The molecule has 116 valence electrons. The van der Waals surface area contributed by atoms with E-state index >= 15 is 0 Å². The van der Waals surface area contributed by atoms with Gasteiger partial charge in [-0.2, -0.15) is 0 Å². The first-order chi connectivity index (χ1) is 10.8. The average Bonchev–Trinajstić information content (AvgIpc) is 2.60. The highest BCUT2D eigenvalue weighted by Crippen LogP contribution is 2.26. The van der Waals surface area contributed by atoms with Gasteiger partial charge in [-0.25, -0.2) is 0 Å². The van der Waals surface area contributed by atoms with Crippen LogP contribution >= 0.6 is 0 Å². The first-order valence-electron chi connectivity index (χ1n) is 8.15.